The van der Waals surface area contributed by atoms with E-state index >= 15 is 0 Å². The van der Waals surface area contributed by atoms with Gasteiger partial charge in [-0.25, -0.2) is 0 Å². The average Bonchev–Trinajstić information content (AvgIpc) is 2.79. The van der Waals surface area contributed by atoms with E-state index in [1.165, 1.54) is 25.7 Å². The van der Waals surface area contributed by atoms with E-state index in [9.17, 15) is 13.2 Å². The van der Waals surface area contributed by atoms with Gasteiger partial charge in [0, 0.05) is 25.7 Å². The Bertz CT molecular complexity index is 218. The van der Waals surface area contributed by atoms with Crippen LogP contribution in [0.5, 0.6) is 0 Å². The van der Waals surface area contributed by atoms with Crippen LogP contribution >= 0.6 is 0 Å². The smallest absolute Gasteiger partial charge is 0.371 e. The fourth-order valence-corrected chi connectivity index (χ4v) is 2.24. The first-order chi connectivity index (χ1) is 8.49. The van der Waals surface area contributed by atoms with Crippen molar-refractivity contribution in [2.45, 2.75) is 37.9 Å². The molecule has 0 aliphatic heterocycles. The summed E-state index contributed by atoms with van der Waals surface area (Å²) in [6.07, 6.45) is 0.945. The average molecular weight is 268 g/mol. The first-order valence-corrected chi connectivity index (χ1v) is 6.54. The van der Waals surface area contributed by atoms with Gasteiger partial charge in [0.25, 0.3) is 0 Å². The Kier molecular flexibility index (Phi) is 6.96. The van der Waals surface area contributed by atoms with Crippen molar-refractivity contribution in [1.29, 1.82) is 0 Å². The number of ether oxygens (including phenoxy) is 1. The summed E-state index contributed by atoms with van der Waals surface area (Å²) in [5.74, 6) is 0. The lowest BCUT2D eigenvalue weighted by atomic mass is 10.2. The number of rotatable bonds is 8. The van der Waals surface area contributed by atoms with Gasteiger partial charge in [0.15, 0.2) is 0 Å². The zero-order valence-electron chi connectivity index (χ0n) is 10.9. The lowest BCUT2D eigenvalue weighted by molar-refractivity contribution is -0.173. The van der Waals surface area contributed by atoms with Crippen LogP contribution in [0.4, 0.5) is 13.2 Å². The maximum absolute atomic E-state index is 11.8. The predicted octanol–water partition coefficient (Wildman–Crippen LogP) is 2.03. The molecule has 3 nitrogen and oxygen atoms in total. The molecule has 0 unspecified atom stereocenters. The third-order valence-corrected chi connectivity index (χ3v) is 3.28. The van der Waals surface area contributed by atoms with Crippen LogP contribution in [0.1, 0.15) is 25.7 Å². The van der Waals surface area contributed by atoms with Crippen LogP contribution in [0, 0.1) is 0 Å². The van der Waals surface area contributed by atoms with Gasteiger partial charge in [0.2, 0.25) is 0 Å². The molecule has 0 aromatic heterocycles. The van der Waals surface area contributed by atoms with Gasteiger partial charge >= 0.3 is 6.18 Å². The molecule has 1 aliphatic carbocycles. The van der Waals surface area contributed by atoms with Gasteiger partial charge < -0.3 is 15.0 Å². The summed E-state index contributed by atoms with van der Waals surface area (Å²) in [6, 6.07) is 0.688. The second kappa shape index (κ2) is 7.96. The molecule has 1 rings (SSSR count). The van der Waals surface area contributed by atoms with Gasteiger partial charge in [0.1, 0.15) is 6.61 Å². The van der Waals surface area contributed by atoms with Gasteiger partial charge in [-0.05, 0) is 19.9 Å². The van der Waals surface area contributed by atoms with E-state index in [0.29, 0.717) is 12.6 Å². The highest BCUT2D eigenvalue weighted by Crippen LogP contribution is 2.21. The highest BCUT2D eigenvalue weighted by molar-refractivity contribution is 4.75. The summed E-state index contributed by atoms with van der Waals surface area (Å²) in [7, 11) is 2.11. The van der Waals surface area contributed by atoms with Crippen LogP contribution in [0.15, 0.2) is 0 Å². The maximum Gasteiger partial charge on any atom is 0.411 e. The molecule has 0 amide bonds. The quantitative estimate of drug-likeness (QED) is 0.682. The van der Waals surface area contributed by atoms with Crippen molar-refractivity contribution in [2.24, 2.45) is 0 Å². The lowest BCUT2D eigenvalue weighted by Crippen LogP contribution is -2.36. The minimum Gasteiger partial charge on any atom is -0.371 e. The Labute approximate surface area is 107 Å². The van der Waals surface area contributed by atoms with Crippen LogP contribution in [-0.4, -0.2) is 57.0 Å². The molecule has 0 atom stereocenters. The van der Waals surface area contributed by atoms with Crippen molar-refractivity contribution in [3.05, 3.63) is 0 Å². The van der Waals surface area contributed by atoms with E-state index in [1.807, 2.05) is 0 Å². The van der Waals surface area contributed by atoms with E-state index in [-0.39, 0.29) is 6.61 Å². The fraction of sp³-hybridized carbons (Fsp3) is 1.00. The third-order valence-electron chi connectivity index (χ3n) is 3.28. The summed E-state index contributed by atoms with van der Waals surface area (Å²) in [4.78, 5) is 2.33. The number of hydrogen-bond acceptors (Lipinski definition) is 3. The molecule has 18 heavy (non-hydrogen) atoms. The summed E-state index contributed by atoms with van der Waals surface area (Å²) in [6.45, 7) is 1.14. The highest BCUT2D eigenvalue weighted by atomic mass is 19.4. The number of likely N-dealkylation sites (N-methyl/N-ethyl adjacent to an activating group) is 1. The van der Waals surface area contributed by atoms with E-state index in [0.717, 1.165) is 13.1 Å². The van der Waals surface area contributed by atoms with Crippen molar-refractivity contribution in [1.82, 2.24) is 10.2 Å². The first-order valence-electron chi connectivity index (χ1n) is 6.54. The molecule has 1 fully saturated rings. The molecule has 0 bridgehead atoms. The first kappa shape index (κ1) is 15.7. The molecule has 6 heteroatoms. The van der Waals surface area contributed by atoms with Gasteiger partial charge in [-0.2, -0.15) is 13.2 Å². The minimum absolute atomic E-state index is 0.104. The minimum atomic E-state index is -4.22. The van der Waals surface area contributed by atoms with Crippen LogP contribution in [0.3, 0.4) is 0 Å². The predicted molar refractivity (Wildman–Crippen MR) is 64.6 cm³/mol. The van der Waals surface area contributed by atoms with Crippen LogP contribution in [0.2, 0.25) is 0 Å². The Balaban J connectivity index is 1.89. The summed E-state index contributed by atoms with van der Waals surface area (Å²) >= 11 is 0. The highest BCUT2D eigenvalue weighted by Gasteiger charge is 2.27. The lowest BCUT2D eigenvalue weighted by Gasteiger charge is -2.23. The molecule has 0 aromatic rings. The standard InChI is InChI=1S/C12H23F3N2O/c1-17(11-4-2-3-5-11)8-6-16-7-9-18-10-12(13,14)15/h11,16H,2-10H2,1H3. The third kappa shape index (κ3) is 7.18. The van der Waals surface area contributed by atoms with Gasteiger partial charge in [-0.3, -0.25) is 0 Å². The molecule has 0 aromatic carbocycles. The number of nitrogens with zero attached hydrogens (tertiary/aromatic N) is 1. The van der Waals surface area contributed by atoms with Crippen LogP contribution in [-0.2, 0) is 4.74 Å². The zero-order chi connectivity index (χ0) is 13.4. The molecule has 1 N–H and O–H groups in total. The second-order valence-electron chi connectivity index (χ2n) is 4.84. The Hall–Kier alpha value is -0.330. The van der Waals surface area contributed by atoms with Crippen LogP contribution in [0.25, 0.3) is 0 Å². The molecular weight excluding hydrogens is 245 g/mol. The largest absolute Gasteiger partial charge is 0.411 e. The molecular formula is C12H23F3N2O. The Morgan fingerprint density at radius 2 is 1.89 bits per heavy atom. The van der Waals surface area contributed by atoms with Crippen molar-refractivity contribution in [2.75, 3.05) is 39.9 Å². The van der Waals surface area contributed by atoms with Crippen molar-refractivity contribution < 1.29 is 17.9 Å². The number of halogens is 3. The monoisotopic (exact) mass is 268 g/mol. The fourth-order valence-electron chi connectivity index (χ4n) is 2.24. The second-order valence-corrected chi connectivity index (χ2v) is 4.84. The summed E-state index contributed by atoms with van der Waals surface area (Å²) < 4.78 is 39.8. The van der Waals surface area contributed by atoms with Crippen molar-refractivity contribution in [3.63, 3.8) is 0 Å². The van der Waals surface area contributed by atoms with E-state index < -0.39 is 12.8 Å². The zero-order valence-corrected chi connectivity index (χ0v) is 10.9. The Morgan fingerprint density at radius 3 is 2.50 bits per heavy atom. The molecule has 0 spiro atoms. The number of alkyl halides is 3. The van der Waals surface area contributed by atoms with Gasteiger partial charge in [-0.1, -0.05) is 12.8 Å². The van der Waals surface area contributed by atoms with E-state index in [1.54, 1.807) is 0 Å². The van der Waals surface area contributed by atoms with Crippen molar-refractivity contribution >= 4 is 0 Å². The molecule has 1 aliphatic rings. The van der Waals surface area contributed by atoms with E-state index in [4.69, 9.17) is 0 Å². The SMILES string of the molecule is CN(CCNCCOCC(F)(F)F)C1CCCC1. The summed E-state index contributed by atoms with van der Waals surface area (Å²) in [5.41, 5.74) is 0. The van der Waals surface area contributed by atoms with E-state index in [2.05, 4.69) is 22.0 Å². The topological polar surface area (TPSA) is 24.5 Å². The maximum atomic E-state index is 11.8. The Morgan fingerprint density at radius 1 is 1.22 bits per heavy atom. The van der Waals surface area contributed by atoms with Gasteiger partial charge in [0.05, 0.1) is 6.61 Å². The van der Waals surface area contributed by atoms with Crippen molar-refractivity contribution in [3.8, 4) is 0 Å². The number of nitrogens with one attached hydrogen (secondary N) is 1. The van der Waals surface area contributed by atoms with Gasteiger partial charge in [-0.15, -0.1) is 0 Å². The molecule has 0 heterocycles. The molecule has 0 saturated heterocycles. The molecule has 1 saturated carbocycles. The molecule has 0 radical (unpaired) electrons. The molecule has 108 valence electrons. The number of hydrogen-bond donors (Lipinski definition) is 1. The normalized spacial score (nSPS) is 17.8. The summed E-state index contributed by atoms with van der Waals surface area (Å²) in [5, 5.41) is 3.09. The van der Waals surface area contributed by atoms with Crippen LogP contribution < -0.4 is 5.32 Å².